The van der Waals surface area contributed by atoms with Crippen LogP contribution >= 0.6 is 62.3 Å². The number of carbonyl (C=O) groups is 2. The second-order valence-electron chi connectivity index (χ2n) is 5.00. The molecule has 23 heavy (non-hydrogen) atoms. The van der Waals surface area contributed by atoms with Crippen LogP contribution in [0.2, 0.25) is 0 Å². The van der Waals surface area contributed by atoms with Crippen LogP contribution in [-0.4, -0.2) is 58.2 Å². The first-order valence-corrected chi connectivity index (χ1v) is 8.33. The molecule has 2 aliphatic carbocycles. The average Bonchev–Trinajstić information content (AvgIpc) is 2.74. The van der Waals surface area contributed by atoms with Crippen LogP contribution in [-0.2, 0) is 23.8 Å². The molecular formula is C12H11BrCl4O6. The second kappa shape index (κ2) is 5.62. The average molecular weight is 473 g/mol. The lowest BCUT2D eigenvalue weighted by atomic mass is 9.81. The number of carboxylic acids is 1. The van der Waals surface area contributed by atoms with Crippen molar-refractivity contribution in [3.63, 3.8) is 0 Å². The van der Waals surface area contributed by atoms with E-state index in [0.29, 0.717) is 0 Å². The summed E-state index contributed by atoms with van der Waals surface area (Å²) in [5.41, 5.74) is 0. The molecule has 11 heteroatoms. The molecule has 2 rings (SSSR count). The van der Waals surface area contributed by atoms with E-state index in [1.54, 1.807) is 0 Å². The molecule has 4 atom stereocenters. The van der Waals surface area contributed by atoms with Crippen molar-refractivity contribution >= 4 is 74.3 Å². The van der Waals surface area contributed by atoms with E-state index in [1.165, 1.54) is 14.2 Å². The number of hydrogen-bond acceptors (Lipinski definition) is 5. The van der Waals surface area contributed by atoms with Gasteiger partial charge in [0.1, 0.15) is 5.92 Å². The van der Waals surface area contributed by atoms with Crippen LogP contribution in [0.4, 0.5) is 0 Å². The van der Waals surface area contributed by atoms with E-state index in [0.717, 1.165) is 7.11 Å². The Morgan fingerprint density at radius 2 is 1.61 bits per heavy atom. The Kier molecular flexibility index (Phi) is 4.78. The molecule has 0 unspecified atom stereocenters. The maximum atomic E-state index is 12.3. The third kappa shape index (κ3) is 1.70. The highest BCUT2D eigenvalue weighted by Gasteiger charge is 2.93. The number of halogens is 5. The lowest BCUT2D eigenvalue weighted by Gasteiger charge is -2.42. The summed E-state index contributed by atoms with van der Waals surface area (Å²) in [4.78, 5) is 20.2. The van der Waals surface area contributed by atoms with Gasteiger partial charge in [-0.3, -0.25) is 9.59 Å². The molecule has 6 nitrogen and oxygen atoms in total. The number of aliphatic carboxylic acids is 1. The van der Waals surface area contributed by atoms with E-state index in [4.69, 9.17) is 60.6 Å². The minimum atomic E-state index is -2.20. The Morgan fingerprint density at radius 3 is 1.96 bits per heavy atom. The molecule has 130 valence electrons. The van der Waals surface area contributed by atoms with Crippen molar-refractivity contribution < 1.29 is 28.9 Å². The van der Waals surface area contributed by atoms with Gasteiger partial charge in [-0.05, 0) is 0 Å². The highest BCUT2D eigenvalue weighted by molar-refractivity contribution is 9.10. The molecule has 0 aromatic heterocycles. The van der Waals surface area contributed by atoms with Crippen molar-refractivity contribution in [2.24, 2.45) is 5.92 Å². The molecule has 0 saturated heterocycles. The standard InChI is InChI=1S/C12H11BrCl4O6/c1-21-7(18)4-9(13,8(19)20)11(17)6(15)5(14)10(4,16)12(11,22-2)23-3/h4H,1-3H3,(H,19,20)/t4-,9+,10-,11-/m0/s1. The van der Waals surface area contributed by atoms with Gasteiger partial charge in [0.05, 0.1) is 17.2 Å². The molecule has 0 spiro atoms. The molecule has 2 bridgehead atoms. The molecule has 1 N–H and O–H groups in total. The Hall–Kier alpha value is 0.240. The molecule has 2 aliphatic rings. The molecule has 1 fully saturated rings. The van der Waals surface area contributed by atoms with E-state index >= 15 is 0 Å². The van der Waals surface area contributed by atoms with Gasteiger partial charge in [0.2, 0.25) is 5.79 Å². The fourth-order valence-electron chi connectivity index (χ4n) is 3.41. The number of fused-ring (bicyclic) bond motifs is 2. The normalized spacial score (nSPS) is 41.3. The first-order valence-electron chi connectivity index (χ1n) is 6.03. The van der Waals surface area contributed by atoms with Gasteiger partial charge in [0.15, 0.2) is 14.1 Å². The number of ether oxygens (including phenoxy) is 3. The van der Waals surface area contributed by atoms with E-state index in [2.05, 4.69) is 15.9 Å². The highest BCUT2D eigenvalue weighted by Crippen LogP contribution is 2.77. The van der Waals surface area contributed by atoms with Crippen LogP contribution in [0.25, 0.3) is 0 Å². The summed E-state index contributed by atoms with van der Waals surface area (Å²) in [5, 5.41) is 9.25. The molecular weight excluding hydrogens is 462 g/mol. The summed E-state index contributed by atoms with van der Waals surface area (Å²) in [7, 11) is 3.45. The van der Waals surface area contributed by atoms with Crippen molar-refractivity contribution in [3.8, 4) is 0 Å². The van der Waals surface area contributed by atoms with Gasteiger partial charge in [0.25, 0.3) is 0 Å². The zero-order valence-electron chi connectivity index (χ0n) is 12.0. The van der Waals surface area contributed by atoms with Crippen molar-refractivity contribution in [2.75, 3.05) is 21.3 Å². The van der Waals surface area contributed by atoms with Gasteiger partial charge in [-0.25, -0.2) is 0 Å². The van der Waals surface area contributed by atoms with Crippen molar-refractivity contribution in [3.05, 3.63) is 10.1 Å². The van der Waals surface area contributed by atoms with Gasteiger partial charge in [0, 0.05) is 14.2 Å². The SMILES string of the molecule is COC(=O)[C@@H]1[C@]2(Cl)C(Cl)=C(Cl)[C@@](Cl)(C2(OC)OC)[C@]1(Br)C(=O)O. The Morgan fingerprint density at radius 1 is 1.13 bits per heavy atom. The van der Waals surface area contributed by atoms with Crippen LogP contribution in [0, 0.1) is 5.92 Å². The van der Waals surface area contributed by atoms with E-state index < -0.39 is 37.7 Å². The van der Waals surface area contributed by atoms with Crippen molar-refractivity contribution in [1.29, 1.82) is 0 Å². The predicted molar refractivity (Wildman–Crippen MR) is 87.4 cm³/mol. The zero-order valence-corrected chi connectivity index (χ0v) is 16.6. The van der Waals surface area contributed by atoms with Crippen LogP contribution in [0.5, 0.6) is 0 Å². The minimum absolute atomic E-state index is 0.244. The highest BCUT2D eigenvalue weighted by atomic mass is 79.9. The molecule has 0 aliphatic heterocycles. The van der Waals surface area contributed by atoms with Gasteiger partial charge in [-0.1, -0.05) is 39.1 Å². The van der Waals surface area contributed by atoms with Crippen LogP contribution in [0.1, 0.15) is 0 Å². The largest absolute Gasteiger partial charge is 0.480 e. The van der Waals surface area contributed by atoms with Gasteiger partial charge in [-0.2, -0.15) is 0 Å². The van der Waals surface area contributed by atoms with Gasteiger partial charge >= 0.3 is 11.9 Å². The molecule has 0 aromatic rings. The molecule has 0 amide bonds. The van der Waals surface area contributed by atoms with Gasteiger partial charge < -0.3 is 19.3 Å². The lowest BCUT2D eigenvalue weighted by molar-refractivity contribution is -0.220. The smallest absolute Gasteiger partial charge is 0.323 e. The summed E-state index contributed by atoms with van der Waals surface area (Å²) < 4.78 is 13.2. The van der Waals surface area contributed by atoms with E-state index in [1.807, 2.05) is 0 Å². The number of methoxy groups -OCH3 is 3. The molecule has 0 aromatic carbocycles. The van der Waals surface area contributed by atoms with E-state index in [-0.39, 0.29) is 10.1 Å². The fourth-order valence-corrected chi connectivity index (χ4v) is 6.82. The number of rotatable bonds is 4. The summed E-state index contributed by atoms with van der Waals surface area (Å²) in [6, 6.07) is 0. The van der Waals surface area contributed by atoms with Crippen LogP contribution < -0.4 is 0 Å². The Balaban J connectivity index is 2.99. The summed E-state index contributed by atoms with van der Waals surface area (Å²) in [6.45, 7) is 0. The third-order valence-corrected chi connectivity index (χ3v) is 8.63. The zero-order chi connectivity index (χ0) is 18.0. The summed E-state index contributed by atoms with van der Waals surface area (Å²) in [5.74, 6) is -6.11. The minimum Gasteiger partial charge on any atom is -0.480 e. The quantitative estimate of drug-likeness (QED) is 0.385. The first kappa shape index (κ1) is 19.6. The summed E-state index contributed by atoms with van der Waals surface area (Å²) in [6.07, 6.45) is 0. The van der Waals surface area contributed by atoms with Crippen molar-refractivity contribution in [1.82, 2.24) is 0 Å². The van der Waals surface area contributed by atoms with Gasteiger partial charge in [-0.15, -0.1) is 23.2 Å². The van der Waals surface area contributed by atoms with Crippen molar-refractivity contribution in [2.45, 2.75) is 19.9 Å². The Labute approximate surface area is 160 Å². The Bertz CT molecular complexity index is 623. The maximum absolute atomic E-state index is 12.3. The number of carboxylic acid groups (broad SMARTS) is 1. The fraction of sp³-hybridized carbons (Fsp3) is 0.667. The van der Waals surface area contributed by atoms with E-state index in [9.17, 15) is 14.7 Å². The number of esters is 1. The second-order valence-corrected chi connectivity index (χ2v) is 8.17. The lowest BCUT2D eigenvalue weighted by Crippen LogP contribution is -2.61. The topological polar surface area (TPSA) is 82.1 Å². The summed E-state index contributed by atoms with van der Waals surface area (Å²) >= 11 is 28.7. The number of hydrogen-bond donors (Lipinski definition) is 1. The maximum Gasteiger partial charge on any atom is 0.323 e. The van der Waals surface area contributed by atoms with Crippen LogP contribution in [0.15, 0.2) is 10.1 Å². The molecule has 0 radical (unpaired) electrons. The third-order valence-electron chi connectivity index (χ3n) is 4.37. The number of alkyl halides is 3. The first-order chi connectivity index (χ1) is 10.5. The predicted octanol–water partition coefficient (Wildman–Crippen LogP) is 2.65. The molecule has 0 heterocycles. The molecule has 1 saturated carbocycles. The monoisotopic (exact) mass is 470 g/mol. The van der Waals surface area contributed by atoms with Crippen LogP contribution in [0.3, 0.4) is 0 Å². The number of carbonyl (C=O) groups excluding carboxylic acids is 1.